The van der Waals surface area contributed by atoms with Gasteiger partial charge in [0.15, 0.2) is 0 Å². The Balaban J connectivity index is 1.91. The predicted octanol–water partition coefficient (Wildman–Crippen LogP) is 3.16. The van der Waals surface area contributed by atoms with Gasteiger partial charge in [-0.3, -0.25) is 14.5 Å². The molecule has 3 nitrogen and oxygen atoms in total. The molecule has 0 bridgehead atoms. The van der Waals surface area contributed by atoms with Crippen LogP contribution >= 0.6 is 0 Å². The number of anilines is 1. The largest absolute Gasteiger partial charge is 0.416 e. The van der Waals surface area contributed by atoms with Gasteiger partial charge in [0.1, 0.15) is 0 Å². The molecule has 1 aromatic rings. The SMILES string of the molecule is O=C1[C@@H]2CC=CC[C@H]2C(=O)N1c1ccc(C(F)(F)F)cc1. The average Bonchev–Trinajstić information content (AvgIpc) is 2.71. The van der Waals surface area contributed by atoms with Crippen LogP contribution in [0.15, 0.2) is 36.4 Å². The fraction of sp³-hybridized carbons (Fsp3) is 0.333. The molecule has 2 amide bonds. The molecular formula is C15H12F3NO2. The van der Waals surface area contributed by atoms with Gasteiger partial charge in [-0.05, 0) is 37.1 Å². The van der Waals surface area contributed by atoms with Crippen molar-refractivity contribution >= 4 is 17.5 Å². The molecule has 110 valence electrons. The van der Waals surface area contributed by atoms with Gasteiger partial charge >= 0.3 is 6.18 Å². The first-order chi connectivity index (χ1) is 9.89. The number of alkyl halides is 3. The predicted molar refractivity (Wildman–Crippen MR) is 69.3 cm³/mol. The molecule has 0 radical (unpaired) electrons. The first-order valence-corrected chi connectivity index (χ1v) is 6.59. The van der Waals surface area contributed by atoms with E-state index in [0.717, 1.165) is 17.0 Å². The molecule has 3 rings (SSSR count). The lowest BCUT2D eigenvalue weighted by Gasteiger charge is -2.15. The number of rotatable bonds is 1. The van der Waals surface area contributed by atoms with Gasteiger partial charge in [0.2, 0.25) is 11.8 Å². The van der Waals surface area contributed by atoms with E-state index in [9.17, 15) is 22.8 Å². The van der Waals surface area contributed by atoms with E-state index >= 15 is 0 Å². The zero-order chi connectivity index (χ0) is 15.2. The summed E-state index contributed by atoms with van der Waals surface area (Å²) in [7, 11) is 0. The van der Waals surface area contributed by atoms with Gasteiger partial charge in [-0.2, -0.15) is 13.2 Å². The van der Waals surface area contributed by atoms with Crippen LogP contribution in [0.3, 0.4) is 0 Å². The van der Waals surface area contributed by atoms with Crippen molar-refractivity contribution in [3.63, 3.8) is 0 Å². The van der Waals surface area contributed by atoms with E-state index in [-0.39, 0.29) is 29.3 Å². The Kier molecular flexibility index (Phi) is 3.11. The first-order valence-electron chi connectivity index (χ1n) is 6.59. The van der Waals surface area contributed by atoms with Gasteiger partial charge in [0.25, 0.3) is 0 Å². The zero-order valence-electron chi connectivity index (χ0n) is 10.9. The van der Waals surface area contributed by atoms with Crippen molar-refractivity contribution in [1.29, 1.82) is 0 Å². The number of fused-ring (bicyclic) bond motifs is 1. The van der Waals surface area contributed by atoms with Crippen molar-refractivity contribution in [2.45, 2.75) is 19.0 Å². The number of hydrogen-bond donors (Lipinski definition) is 0. The highest BCUT2D eigenvalue weighted by atomic mass is 19.4. The quantitative estimate of drug-likeness (QED) is 0.589. The molecule has 1 fully saturated rings. The van der Waals surface area contributed by atoms with Crippen LogP contribution in [0.1, 0.15) is 18.4 Å². The summed E-state index contributed by atoms with van der Waals surface area (Å²) in [5, 5.41) is 0. The van der Waals surface area contributed by atoms with E-state index in [0.29, 0.717) is 12.8 Å². The van der Waals surface area contributed by atoms with Crippen LogP contribution in [0.5, 0.6) is 0 Å². The molecule has 1 saturated heterocycles. The van der Waals surface area contributed by atoms with Gasteiger partial charge in [-0.25, -0.2) is 0 Å². The van der Waals surface area contributed by atoms with Crippen LogP contribution in [0.25, 0.3) is 0 Å². The molecule has 0 spiro atoms. The third kappa shape index (κ3) is 2.24. The maximum Gasteiger partial charge on any atom is 0.416 e. The second-order valence-electron chi connectivity index (χ2n) is 5.21. The second kappa shape index (κ2) is 4.72. The minimum atomic E-state index is -4.44. The number of carbonyl (C=O) groups excluding carboxylic acids is 2. The third-order valence-corrected chi connectivity index (χ3v) is 3.96. The summed E-state index contributed by atoms with van der Waals surface area (Å²) in [6.45, 7) is 0. The molecule has 1 aliphatic carbocycles. The van der Waals surface area contributed by atoms with Gasteiger partial charge in [0.05, 0.1) is 23.1 Å². The minimum Gasteiger partial charge on any atom is -0.274 e. The molecule has 6 heteroatoms. The molecule has 0 aromatic heterocycles. The monoisotopic (exact) mass is 295 g/mol. The molecule has 2 atom stereocenters. The number of benzene rings is 1. The molecular weight excluding hydrogens is 283 g/mol. The van der Waals surface area contributed by atoms with E-state index in [1.165, 1.54) is 12.1 Å². The Morgan fingerprint density at radius 1 is 0.905 bits per heavy atom. The average molecular weight is 295 g/mol. The molecule has 21 heavy (non-hydrogen) atoms. The maximum absolute atomic E-state index is 12.5. The molecule has 0 saturated carbocycles. The molecule has 0 unspecified atom stereocenters. The number of allylic oxidation sites excluding steroid dienone is 2. The number of carbonyl (C=O) groups is 2. The summed E-state index contributed by atoms with van der Waals surface area (Å²) in [6, 6.07) is 4.11. The minimum absolute atomic E-state index is 0.201. The Bertz CT molecular complexity index is 593. The van der Waals surface area contributed by atoms with Gasteiger partial charge in [0, 0.05) is 0 Å². The fourth-order valence-corrected chi connectivity index (χ4v) is 2.85. The van der Waals surface area contributed by atoms with Crippen LogP contribution in [-0.2, 0) is 15.8 Å². The van der Waals surface area contributed by atoms with Crippen LogP contribution in [0.2, 0.25) is 0 Å². The van der Waals surface area contributed by atoms with Crippen LogP contribution < -0.4 is 4.90 Å². The Morgan fingerprint density at radius 3 is 1.81 bits per heavy atom. The highest BCUT2D eigenvalue weighted by Crippen LogP contribution is 2.38. The smallest absolute Gasteiger partial charge is 0.274 e. The number of nitrogens with zero attached hydrogens (tertiary/aromatic N) is 1. The standard InChI is InChI=1S/C15H12F3NO2/c16-15(17,18)9-5-7-10(8-6-9)19-13(20)11-3-1-2-4-12(11)14(19)21/h1-2,5-8,11-12H,3-4H2/t11-,12-/m1/s1. The highest BCUT2D eigenvalue weighted by Gasteiger charge is 2.47. The van der Waals surface area contributed by atoms with E-state index in [1.54, 1.807) is 0 Å². The molecule has 1 heterocycles. The van der Waals surface area contributed by atoms with Gasteiger partial charge < -0.3 is 0 Å². The van der Waals surface area contributed by atoms with Crippen molar-refractivity contribution in [3.05, 3.63) is 42.0 Å². The van der Waals surface area contributed by atoms with Crippen LogP contribution in [0, 0.1) is 11.8 Å². The van der Waals surface area contributed by atoms with Crippen molar-refractivity contribution in [1.82, 2.24) is 0 Å². The van der Waals surface area contributed by atoms with Crippen molar-refractivity contribution in [2.24, 2.45) is 11.8 Å². The molecule has 0 N–H and O–H groups in total. The first kappa shape index (κ1) is 13.9. The summed E-state index contributed by atoms with van der Waals surface area (Å²) >= 11 is 0. The normalized spacial score (nSPS) is 25.4. The number of imide groups is 1. The van der Waals surface area contributed by atoms with Gasteiger partial charge in [-0.1, -0.05) is 12.2 Å². The number of amides is 2. The van der Waals surface area contributed by atoms with E-state index in [4.69, 9.17) is 0 Å². The summed E-state index contributed by atoms with van der Waals surface area (Å²) < 4.78 is 37.6. The Morgan fingerprint density at radius 2 is 1.38 bits per heavy atom. The van der Waals surface area contributed by atoms with Crippen LogP contribution in [0.4, 0.5) is 18.9 Å². The molecule has 1 aliphatic heterocycles. The van der Waals surface area contributed by atoms with Crippen molar-refractivity contribution < 1.29 is 22.8 Å². The van der Waals surface area contributed by atoms with E-state index in [2.05, 4.69) is 0 Å². The topological polar surface area (TPSA) is 37.4 Å². The lowest BCUT2D eigenvalue weighted by Crippen LogP contribution is -2.30. The summed E-state index contributed by atoms with van der Waals surface area (Å²) in [6.07, 6.45) is 0.305. The maximum atomic E-state index is 12.5. The number of hydrogen-bond acceptors (Lipinski definition) is 2. The second-order valence-corrected chi connectivity index (χ2v) is 5.21. The summed E-state index contributed by atoms with van der Waals surface area (Å²) in [5.41, 5.74) is -0.600. The Labute approximate surface area is 119 Å². The van der Waals surface area contributed by atoms with Crippen LogP contribution in [-0.4, -0.2) is 11.8 Å². The van der Waals surface area contributed by atoms with E-state index in [1.807, 2.05) is 12.2 Å². The fourth-order valence-electron chi connectivity index (χ4n) is 2.85. The van der Waals surface area contributed by atoms with Crippen molar-refractivity contribution in [3.8, 4) is 0 Å². The lowest BCUT2D eigenvalue weighted by molar-refractivity contribution is -0.137. The van der Waals surface area contributed by atoms with E-state index < -0.39 is 11.7 Å². The van der Waals surface area contributed by atoms with Gasteiger partial charge in [-0.15, -0.1) is 0 Å². The highest BCUT2D eigenvalue weighted by molar-refractivity contribution is 6.22. The summed E-state index contributed by atoms with van der Waals surface area (Å²) in [5.74, 6) is -1.42. The number of halogens is 3. The Hall–Kier alpha value is -2.11. The summed E-state index contributed by atoms with van der Waals surface area (Å²) in [4.78, 5) is 25.6. The molecule has 1 aromatic carbocycles. The third-order valence-electron chi connectivity index (χ3n) is 3.96. The zero-order valence-corrected chi connectivity index (χ0v) is 10.9. The lowest BCUT2D eigenvalue weighted by atomic mass is 9.85. The van der Waals surface area contributed by atoms with Crippen molar-refractivity contribution in [2.75, 3.05) is 4.90 Å². The molecule has 2 aliphatic rings.